The van der Waals surface area contributed by atoms with Gasteiger partial charge in [0.25, 0.3) is 0 Å². The summed E-state index contributed by atoms with van der Waals surface area (Å²) in [6.07, 6.45) is 4.69. The Morgan fingerprint density at radius 2 is 2.05 bits per heavy atom. The first-order chi connectivity index (χ1) is 9.24. The number of aromatic nitrogens is 1. The van der Waals surface area contributed by atoms with E-state index in [1.165, 1.54) is 0 Å². The molecule has 0 saturated heterocycles. The monoisotopic (exact) mass is 257 g/mol. The molecule has 0 saturated carbocycles. The van der Waals surface area contributed by atoms with Crippen LogP contribution < -0.4 is 11.1 Å². The van der Waals surface area contributed by atoms with E-state index in [9.17, 15) is 4.79 Å². The number of hydrogen-bond acceptors (Lipinski definition) is 2. The van der Waals surface area contributed by atoms with Crippen molar-refractivity contribution in [3.8, 4) is 5.69 Å². The third-order valence-electron chi connectivity index (χ3n) is 3.16. The van der Waals surface area contributed by atoms with Gasteiger partial charge >= 0.3 is 0 Å². The second kappa shape index (κ2) is 6.20. The summed E-state index contributed by atoms with van der Waals surface area (Å²) in [6.45, 7) is 2.34. The lowest BCUT2D eigenvalue weighted by Crippen LogP contribution is -2.28. The van der Waals surface area contributed by atoms with Gasteiger partial charge < -0.3 is 15.6 Å². The van der Waals surface area contributed by atoms with E-state index >= 15 is 0 Å². The fourth-order valence-electron chi connectivity index (χ4n) is 1.95. The zero-order valence-electron chi connectivity index (χ0n) is 11.0. The minimum atomic E-state index is -0.129. The van der Waals surface area contributed by atoms with Crippen LogP contribution in [0.5, 0.6) is 0 Å². The highest BCUT2D eigenvalue weighted by Gasteiger charge is 2.14. The quantitative estimate of drug-likeness (QED) is 0.864. The van der Waals surface area contributed by atoms with Gasteiger partial charge in [-0.3, -0.25) is 4.79 Å². The van der Waals surface area contributed by atoms with Gasteiger partial charge in [-0.25, -0.2) is 0 Å². The van der Waals surface area contributed by atoms with Crippen molar-refractivity contribution < 1.29 is 4.79 Å². The summed E-state index contributed by atoms with van der Waals surface area (Å²) in [5.74, 6) is -0.148. The first kappa shape index (κ1) is 13.4. The molecule has 0 fully saturated rings. The Morgan fingerprint density at radius 3 is 2.68 bits per heavy atom. The van der Waals surface area contributed by atoms with Gasteiger partial charge in [0.05, 0.1) is 5.92 Å². The Morgan fingerprint density at radius 1 is 1.32 bits per heavy atom. The van der Waals surface area contributed by atoms with E-state index < -0.39 is 0 Å². The number of nitrogens with one attached hydrogen (secondary N) is 1. The molecule has 0 aliphatic carbocycles. The van der Waals surface area contributed by atoms with E-state index in [0.29, 0.717) is 6.54 Å². The number of hydrogen-bond donors (Lipinski definition) is 2. The number of amides is 1. The van der Waals surface area contributed by atoms with Crippen LogP contribution in [0.4, 0.5) is 5.69 Å². The molecule has 4 nitrogen and oxygen atoms in total. The molecule has 2 rings (SSSR count). The fraction of sp³-hybridized carbons (Fsp3) is 0.267. The molecule has 0 bridgehead atoms. The summed E-state index contributed by atoms with van der Waals surface area (Å²) in [5, 5.41) is 2.91. The first-order valence-electron chi connectivity index (χ1n) is 6.49. The highest BCUT2D eigenvalue weighted by atomic mass is 16.1. The Balaban J connectivity index is 2.14. The fourth-order valence-corrected chi connectivity index (χ4v) is 1.95. The number of anilines is 1. The topological polar surface area (TPSA) is 60.1 Å². The van der Waals surface area contributed by atoms with Gasteiger partial charge in [-0.05, 0) is 36.8 Å². The predicted octanol–water partition coefficient (Wildman–Crippen LogP) is 2.40. The van der Waals surface area contributed by atoms with Crippen LogP contribution in [-0.4, -0.2) is 17.0 Å². The molecule has 0 spiro atoms. The summed E-state index contributed by atoms with van der Waals surface area (Å²) < 4.78 is 2.00. The Kier molecular flexibility index (Phi) is 4.36. The van der Waals surface area contributed by atoms with Crippen LogP contribution in [0.3, 0.4) is 0 Å². The van der Waals surface area contributed by atoms with Crippen molar-refractivity contribution in [1.82, 2.24) is 4.57 Å². The molecular weight excluding hydrogens is 238 g/mol. The lowest BCUT2D eigenvalue weighted by Gasteiger charge is -2.13. The van der Waals surface area contributed by atoms with Gasteiger partial charge in [0.1, 0.15) is 0 Å². The van der Waals surface area contributed by atoms with Crippen LogP contribution in [0.1, 0.15) is 13.3 Å². The number of nitrogens with two attached hydrogens (primary N) is 1. The van der Waals surface area contributed by atoms with Crippen molar-refractivity contribution in [3.63, 3.8) is 0 Å². The number of benzene rings is 1. The SMILES string of the molecule is CCC(CN)C(=O)Nc1cccc(-n2cccc2)c1. The van der Waals surface area contributed by atoms with Gasteiger partial charge in [-0.2, -0.15) is 0 Å². The zero-order valence-corrected chi connectivity index (χ0v) is 11.0. The standard InChI is InChI=1S/C15H19N3O/c1-2-12(11-16)15(19)17-13-6-5-7-14(10-13)18-8-3-4-9-18/h3-10,12H,2,11,16H2,1H3,(H,17,19). The van der Waals surface area contributed by atoms with Crippen LogP contribution in [0.2, 0.25) is 0 Å². The smallest absolute Gasteiger partial charge is 0.228 e. The number of rotatable bonds is 5. The zero-order chi connectivity index (χ0) is 13.7. The largest absolute Gasteiger partial charge is 0.330 e. The molecule has 19 heavy (non-hydrogen) atoms. The van der Waals surface area contributed by atoms with Crippen molar-refractivity contribution >= 4 is 11.6 Å². The van der Waals surface area contributed by atoms with Crippen molar-refractivity contribution in [2.45, 2.75) is 13.3 Å². The molecule has 100 valence electrons. The van der Waals surface area contributed by atoms with E-state index in [4.69, 9.17) is 5.73 Å². The number of nitrogens with zero attached hydrogens (tertiary/aromatic N) is 1. The maximum Gasteiger partial charge on any atom is 0.228 e. The maximum atomic E-state index is 12.0. The van der Waals surface area contributed by atoms with Gasteiger partial charge in [0, 0.05) is 30.3 Å². The van der Waals surface area contributed by atoms with Crippen molar-refractivity contribution in [3.05, 3.63) is 48.8 Å². The molecule has 0 radical (unpaired) electrons. The summed E-state index contributed by atoms with van der Waals surface area (Å²) in [6, 6.07) is 11.7. The molecule has 1 aromatic heterocycles. The highest BCUT2D eigenvalue weighted by molar-refractivity contribution is 5.92. The second-order valence-electron chi connectivity index (χ2n) is 4.47. The summed E-state index contributed by atoms with van der Waals surface area (Å²) in [4.78, 5) is 12.0. The van der Waals surface area contributed by atoms with E-state index in [2.05, 4.69) is 5.32 Å². The van der Waals surface area contributed by atoms with Gasteiger partial charge in [0.15, 0.2) is 0 Å². The maximum absolute atomic E-state index is 12.0. The molecule has 0 aliphatic rings. The summed E-state index contributed by atoms with van der Waals surface area (Å²) >= 11 is 0. The van der Waals surface area contributed by atoms with E-state index in [1.807, 2.05) is 60.3 Å². The highest BCUT2D eigenvalue weighted by Crippen LogP contribution is 2.16. The normalized spacial score (nSPS) is 12.1. The molecule has 0 aliphatic heterocycles. The van der Waals surface area contributed by atoms with E-state index in [1.54, 1.807) is 0 Å². The molecule has 1 unspecified atom stereocenters. The molecule has 1 heterocycles. The minimum absolute atomic E-state index is 0.0188. The average molecular weight is 257 g/mol. The molecule has 3 N–H and O–H groups in total. The van der Waals surface area contributed by atoms with Crippen LogP contribution in [0, 0.1) is 5.92 Å². The summed E-state index contributed by atoms with van der Waals surface area (Å²) in [7, 11) is 0. The first-order valence-corrected chi connectivity index (χ1v) is 6.49. The third-order valence-corrected chi connectivity index (χ3v) is 3.16. The Labute approximate surface area is 113 Å². The Hall–Kier alpha value is -2.07. The van der Waals surface area contributed by atoms with E-state index in [0.717, 1.165) is 17.8 Å². The Bertz CT molecular complexity index is 530. The lowest BCUT2D eigenvalue weighted by atomic mass is 10.1. The van der Waals surface area contributed by atoms with Gasteiger partial charge in [0.2, 0.25) is 5.91 Å². The van der Waals surface area contributed by atoms with Crippen molar-refractivity contribution in [1.29, 1.82) is 0 Å². The van der Waals surface area contributed by atoms with Crippen LogP contribution in [0.25, 0.3) is 5.69 Å². The van der Waals surface area contributed by atoms with Crippen molar-refractivity contribution in [2.75, 3.05) is 11.9 Å². The average Bonchev–Trinajstić information content (AvgIpc) is 2.94. The van der Waals surface area contributed by atoms with E-state index in [-0.39, 0.29) is 11.8 Å². The molecule has 1 atom stereocenters. The molecule has 1 aromatic carbocycles. The molecular formula is C15H19N3O. The molecule has 2 aromatic rings. The lowest BCUT2D eigenvalue weighted by molar-refractivity contribution is -0.119. The molecule has 4 heteroatoms. The number of carbonyl (C=O) groups is 1. The second-order valence-corrected chi connectivity index (χ2v) is 4.47. The predicted molar refractivity (Wildman–Crippen MR) is 77.2 cm³/mol. The van der Waals surface area contributed by atoms with Crippen LogP contribution in [0.15, 0.2) is 48.8 Å². The van der Waals surface area contributed by atoms with Gasteiger partial charge in [-0.15, -0.1) is 0 Å². The summed E-state index contributed by atoms with van der Waals surface area (Å²) in [5.41, 5.74) is 7.39. The van der Waals surface area contributed by atoms with Gasteiger partial charge in [-0.1, -0.05) is 13.0 Å². The minimum Gasteiger partial charge on any atom is -0.330 e. The molecule has 1 amide bonds. The van der Waals surface area contributed by atoms with Crippen LogP contribution >= 0.6 is 0 Å². The third kappa shape index (κ3) is 3.23. The van der Waals surface area contributed by atoms with Crippen LogP contribution in [-0.2, 0) is 4.79 Å². The van der Waals surface area contributed by atoms with Crippen molar-refractivity contribution in [2.24, 2.45) is 11.7 Å². The number of carbonyl (C=O) groups excluding carboxylic acids is 1.